The van der Waals surface area contributed by atoms with Crippen LogP contribution >= 0.6 is 0 Å². The van der Waals surface area contributed by atoms with Gasteiger partial charge in [-0.15, -0.1) is 0 Å². The molecule has 0 unspecified atom stereocenters. The Labute approximate surface area is 152 Å². The Balaban J connectivity index is 1.64. The largest absolute Gasteiger partial charge is 0.398 e. The summed E-state index contributed by atoms with van der Waals surface area (Å²) in [6, 6.07) is 17.5. The van der Waals surface area contributed by atoms with Crippen LogP contribution in [0, 0.1) is 0 Å². The molecule has 0 aliphatic heterocycles. The van der Waals surface area contributed by atoms with E-state index in [1.54, 1.807) is 0 Å². The maximum Gasteiger partial charge on any atom is 0.0393 e. The minimum absolute atomic E-state index is 0.868. The van der Waals surface area contributed by atoms with Crippen molar-refractivity contribution < 1.29 is 0 Å². The third-order valence-corrected chi connectivity index (χ3v) is 5.30. The van der Waals surface area contributed by atoms with Gasteiger partial charge in [-0.25, -0.2) is 0 Å². The van der Waals surface area contributed by atoms with Crippen molar-refractivity contribution in [3.63, 3.8) is 0 Å². The number of unbranched alkanes of at least 4 members (excludes halogenated alkanes) is 7. The molecule has 0 amide bonds. The lowest BCUT2D eigenvalue weighted by atomic mass is 9.96. The molecule has 0 aromatic heterocycles. The summed E-state index contributed by atoms with van der Waals surface area (Å²) in [6.07, 6.45) is 12.2. The van der Waals surface area contributed by atoms with Crippen LogP contribution in [0.25, 0.3) is 21.5 Å². The van der Waals surface area contributed by atoms with Crippen LogP contribution in [-0.4, -0.2) is 0 Å². The Morgan fingerprint density at radius 3 is 2.04 bits per heavy atom. The van der Waals surface area contributed by atoms with Crippen LogP contribution in [0.2, 0.25) is 0 Å². The van der Waals surface area contributed by atoms with E-state index in [1.807, 2.05) is 12.1 Å². The molecule has 0 aliphatic carbocycles. The summed E-state index contributed by atoms with van der Waals surface area (Å²) in [5.74, 6) is 0. The molecule has 2 N–H and O–H groups in total. The highest BCUT2D eigenvalue weighted by molar-refractivity contribution is 6.04. The second-order valence-corrected chi connectivity index (χ2v) is 7.28. The number of anilines is 1. The molecule has 0 saturated carbocycles. The first-order chi connectivity index (χ1) is 12.3. The van der Waals surface area contributed by atoms with E-state index in [9.17, 15) is 0 Å². The van der Waals surface area contributed by atoms with Gasteiger partial charge < -0.3 is 5.73 Å². The average Bonchev–Trinajstić information content (AvgIpc) is 2.63. The van der Waals surface area contributed by atoms with Gasteiger partial charge in [0, 0.05) is 11.1 Å². The summed E-state index contributed by atoms with van der Waals surface area (Å²) in [5, 5.41) is 5.11. The van der Waals surface area contributed by atoms with Crippen molar-refractivity contribution in [3.8, 4) is 0 Å². The lowest BCUT2D eigenvalue weighted by molar-refractivity contribution is 0.576. The minimum Gasteiger partial charge on any atom is -0.398 e. The van der Waals surface area contributed by atoms with Gasteiger partial charge in [0.05, 0.1) is 0 Å². The van der Waals surface area contributed by atoms with Crippen LogP contribution in [-0.2, 0) is 6.42 Å². The lowest BCUT2D eigenvalue weighted by Crippen LogP contribution is -1.91. The first-order valence-electron chi connectivity index (χ1n) is 9.99. The van der Waals surface area contributed by atoms with Gasteiger partial charge >= 0.3 is 0 Å². The Bertz CT molecular complexity index is 819. The molecule has 3 rings (SSSR count). The molecule has 0 radical (unpaired) electrons. The number of hydrogen-bond donors (Lipinski definition) is 1. The molecule has 1 nitrogen and oxygen atoms in total. The molecular formula is C24H31N. The van der Waals surface area contributed by atoms with E-state index in [-0.39, 0.29) is 0 Å². The molecular weight excluding hydrogens is 302 g/mol. The Kier molecular flexibility index (Phi) is 6.33. The van der Waals surface area contributed by atoms with Crippen LogP contribution < -0.4 is 5.73 Å². The van der Waals surface area contributed by atoms with Crippen LogP contribution in [0.5, 0.6) is 0 Å². The summed E-state index contributed by atoms with van der Waals surface area (Å²) in [7, 11) is 0. The standard InChI is InChI=1S/C24H31N/c1-2-3-4-5-6-7-8-9-12-19-13-10-14-20-18-23-21(17-22(19)20)15-11-16-24(23)25/h10-11,13-18H,2-9,12,25H2,1H3. The number of hydrogen-bond acceptors (Lipinski definition) is 1. The second-order valence-electron chi connectivity index (χ2n) is 7.28. The molecule has 3 aromatic rings. The van der Waals surface area contributed by atoms with E-state index in [2.05, 4.69) is 43.3 Å². The molecule has 132 valence electrons. The molecule has 0 bridgehead atoms. The fraction of sp³-hybridized carbons (Fsp3) is 0.417. The lowest BCUT2D eigenvalue weighted by Gasteiger charge is -2.10. The summed E-state index contributed by atoms with van der Waals surface area (Å²) < 4.78 is 0. The van der Waals surface area contributed by atoms with Crippen molar-refractivity contribution in [2.45, 2.75) is 64.7 Å². The fourth-order valence-corrected chi connectivity index (χ4v) is 3.81. The molecule has 0 fully saturated rings. The van der Waals surface area contributed by atoms with Crippen LogP contribution in [0.4, 0.5) is 5.69 Å². The topological polar surface area (TPSA) is 26.0 Å². The van der Waals surface area contributed by atoms with Gasteiger partial charge in [-0.3, -0.25) is 0 Å². The Morgan fingerprint density at radius 1 is 0.680 bits per heavy atom. The summed E-state index contributed by atoms with van der Waals surface area (Å²) in [5.41, 5.74) is 8.49. The van der Waals surface area contributed by atoms with E-state index in [1.165, 1.54) is 84.9 Å². The van der Waals surface area contributed by atoms with Crippen LogP contribution in [0.15, 0.2) is 48.5 Å². The monoisotopic (exact) mass is 333 g/mol. The van der Waals surface area contributed by atoms with E-state index < -0.39 is 0 Å². The van der Waals surface area contributed by atoms with E-state index >= 15 is 0 Å². The van der Waals surface area contributed by atoms with Gasteiger partial charge in [-0.2, -0.15) is 0 Å². The van der Waals surface area contributed by atoms with E-state index in [0.29, 0.717) is 0 Å². The molecule has 0 saturated heterocycles. The fourth-order valence-electron chi connectivity index (χ4n) is 3.81. The average molecular weight is 334 g/mol. The van der Waals surface area contributed by atoms with Crippen molar-refractivity contribution in [2.75, 3.05) is 5.73 Å². The zero-order chi connectivity index (χ0) is 17.5. The third kappa shape index (κ3) is 4.54. The summed E-state index contributed by atoms with van der Waals surface area (Å²) >= 11 is 0. The quantitative estimate of drug-likeness (QED) is 0.249. The first kappa shape index (κ1) is 17.8. The number of aryl methyl sites for hydroxylation is 1. The number of nitrogen functional groups attached to an aromatic ring is 1. The molecule has 3 aromatic carbocycles. The maximum atomic E-state index is 6.14. The predicted octanol–water partition coefficient (Wildman–Crippen LogP) is 7.26. The van der Waals surface area contributed by atoms with Gasteiger partial charge in [0.2, 0.25) is 0 Å². The highest BCUT2D eigenvalue weighted by Crippen LogP contribution is 2.29. The molecule has 0 aliphatic rings. The minimum atomic E-state index is 0.868. The van der Waals surface area contributed by atoms with Crippen LogP contribution in [0.3, 0.4) is 0 Å². The third-order valence-electron chi connectivity index (χ3n) is 5.30. The van der Waals surface area contributed by atoms with E-state index in [0.717, 1.165) is 5.69 Å². The van der Waals surface area contributed by atoms with Crippen molar-refractivity contribution in [1.29, 1.82) is 0 Å². The highest BCUT2D eigenvalue weighted by atomic mass is 14.5. The van der Waals surface area contributed by atoms with Crippen molar-refractivity contribution in [1.82, 2.24) is 0 Å². The second kappa shape index (κ2) is 8.89. The molecule has 1 heteroatoms. The normalized spacial score (nSPS) is 11.4. The van der Waals surface area contributed by atoms with Gasteiger partial charge in [0.25, 0.3) is 0 Å². The van der Waals surface area contributed by atoms with Gasteiger partial charge in [0.15, 0.2) is 0 Å². The Morgan fingerprint density at radius 2 is 1.28 bits per heavy atom. The van der Waals surface area contributed by atoms with Crippen LogP contribution in [0.1, 0.15) is 63.9 Å². The van der Waals surface area contributed by atoms with Crippen molar-refractivity contribution in [2.24, 2.45) is 0 Å². The Hall–Kier alpha value is -2.02. The SMILES string of the molecule is CCCCCCCCCCc1cccc2cc3c(N)cccc3cc12. The van der Waals surface area contributed by atoms with Crippen molar-refractivity contribution >= 4 is 27.2 Å². The predicted molar refractivity (Wildman–Crippen MR) is 112 cm³/mol. The zero-order valence-corrected chi connectivity index (χ0v) is 15.6. The number of nitrogens with two attached hydrogens (primary N) is 1. The van der Waals surface area contributed by atoms with Crippen molar-refractivity contribution in [3.05, 3.63) is 54.1 Å². The zero-order valence-electron chi connectivity index (χ0n) is 15.6. The smallest absolute Gasteiger partial charge is 0.0393 e. The van der Waals surface area contributed by atoms with E-state index in [4.69, 9.17) is 5.73 Å². The van der Waals surface area contributed by atoms with Gasteiger partial charge in [-0.1, -0.05) is 82.2 Å². The van der Waals surface area contributed by atoms with Gasteiger partial charge in [-0.05, 0) is 52.8 Å². The molecule has 25 heavy (non-hydrogen) atoms. The first-order valence-corrected chi connectivity index (χ1v) is 9.99. The highest BCUT2D eigenvalue weighted by Gasteiger charge is 2.05. The van der Waals surface area contributed by atoms with Gasteiger partial charge in [0.1, 0.15) is 0 Å². The molecule has 0 atom stereocenters. The molecule has 0 spiro atoms. The summed E-state index contributed by atoms with van der Waals surface area (Å²) in [6.45, 7) is 2.28. The number of fused-ring (bicyclic) bond motifs is 2. The molecule has 0 heterocycles. The number of rotatable bonds is 9. The maximum absolute atomic E-state index is 6.14. The number of benzene rings is 3. The summed E-state index contributed by atoms with van der Waals surface area (Å²) in [4.78, 5) is 0.